The first-order chi connectivity index (χ1) is 9.61. The molecule has 0 aromatic heterocycles. The van der Waals surface area contributed by atoms with Crippen molar-refractivity contribution in [3.05, 3.63) is 64.7 Å². The van der Waals surface area contributed by atoms with Gasteiger partial charge in [0, 0.05) is 6.54 Å². The van der Waals surface area contributed by atoms with E-state index in [4.69, 9.17) is 4.74 Å². The first-order valence-corrected chi connectivity index (χ1v) is 6.59. The van der Waals surface area contributed by atoms with E-state index in [1.807, 2.05) is 56.3 Å². The Hall–Kier alpha value is -2.29. The number of hydrogen-bond acceptors (Lipinski definition) is 2. The molecule has 0 bridgehead atoms. The normalized spacial score (nSPS) is 10.2. The van der Waals surface area contributed by atoms with Gasteiger partial charge in [-0.1, -0.05) is 35.9 Å². The quantitative estimate of drug-likeness (QED) is 0.925. The summed E-state index contributed by atoms with van der Waals surface area (Å²) in [7, 11) is 1.57. The highest BCUT2D eigenvalue weighted by atomic mass is 16.5. The zero-order valence-electron chi connectivity index (χ0n) is 12.1. The van der Waals surface area contributed by atoms with Gasteiger partial charge in [-0.15, -0.1) is 0 Å². The summed E-state index contributed by atoms with van der Waals surface area (Å²) >= 11 is 0. The maximum absolute atomic E-state index is 12.3. The van der Waals surface area contributed by atoms with Gasteiger partial charge < -0.3 is 10.1 Å². The van der Waals surface area contributed by atoms with Crippen LogP contribution in [0.3, 0.4) is 0 Å². The highest BCUT2D eigenvalue weighted by Crippen LogP contribution is 2.19. The number of hydrogen-bond donors (Lipinski definition) is 1. The number of nitrogens with one attached hydrogen (secondary N) is 1. The number of carbonyl (C=O) groups excluding carboxylic acids is 1. The Bertz CT molecular complexity index is 620. The van der Waals surface area contributed by atoms with Gasteiger partial charge in [0.25, 0.3) is 5.91 Å². The van der Waals surface area contributed by atoms with E-state index in [1.54, 1.807) is 7.11 Å². The largest absolute Gasteiger partial charge is 0.496 e. The average molecular weight is 269 g/mol. The molecular formula is C17H19NO2. The van der Waals surface area contributed by atoms with Crippen molar-refractivity contribution in [2.24, 2.45) is 0 Å². The molecule has 2 aromatic carbocycles. The second kappa shape index (κ2) is 6.24. The third-order valence-corrected chi connectivity index (χ3v) is 3.30. The summed E-state index contributed by atoms with van der Waals surface area (Å²) in [5, 5.41) is 2.94. The highest BCUT2D eigenvalue weighted by molar-refractivity contribution is 5.97. The summed E-state index contributed by atoms with van der Waals surface area (Å²) in [4.78, 5) is 12.3. The molecule has 0 atom stereocenters. The summed E-state index contributed by atoms with van der Waals surface area (Å²) in [5.74, 6) is 0.478. The molecule has 2 rings (SSSR count). The molecule has 104 valence electrons. The van der Waals surface area contributed by atoms with Crippen LogP contribution in [0.2, 0.25) is 0 Å². The summed E-state index contributed by atoms with van der Waals surface area (Å²) < 4.78 is 5.24. The molecule has 1 amide bonds. The zero-order chi connectivity index (χ0) is 14.5. The van der Waals surface area contributed by atoms with Gasteiger partial charge >= 0.3 is 0 Å². The summed E-state index contributed by atoms with van der Waals surface area (Å²) in [5.41, 5.74) is 3.89. The van der Waals surface area contributed by atoms with Crippen LogP contribution >= 0.6 is 0 Å². The van der Waals surface area contributed by atoms with E-state index < -0.39 is 0 Å². The predicted molar refractivity (Wildman–Crippen MR) is 80.1 cm³/mol. The monoisotopic (exact) mass is 269 g/mol. The molecule has 0 unspecified atom stereocenters. The number of ether oxygens (including phenoxy) is 1. The predicted octanol–water partition coefficient (Wildman–Crippen LogP) is 3.24. The first-order valence-electron chi connectivity index (χ1n) is 6.59. The van der Waals surface area contributed by atoms with Crippen molar-refractivity contribution < 1.29 is 9.53 Å². The smallest absolute Gasteiger partial charge is 0.255 e. The summed E-state index contributed by atoms with van der Waals surface area (Å²) in [6.07, 6.45) is 0. The number of rotatable bonds is 4. The molecule has 0 saturated carbocycles. The van der Waals surface area contributed by atoms with Crippen LogP contribution in [0.4, 0.5) is 0 Å². The van der Waals surface area contributed by atoms with Crippen LogP contribution in [-0.2, 0) is 6.54 Å². The highest BCUT2D eigenvalue weighted by Gasteiger charge is 2.12. The van der Waals surface area contributed by atoms with E-state index >= 15 is 0 Å². The van der Waals surface area contributed by atoms with Crippen LogP contribution in [0.25, 0.3) is 0 Å². The Balaban J connectivity index is 2.13. The Morgan fingerprint density at radius 2 is 1.90 bits per heavy atom. The van der Waals surface area contributed by atoms with Gasteiger partial charge in [0.15, 0.2) is 0 Å². The fourth-order valence-electron chi connectivity index (χ4n) is 2.08. The Morgan fingerprint density at radius 1 is 1.15 bits per heavy atom. The molecule has 0 aliphatic rings. The van der Waals surface area contributed by atoms with Gasteiger partial charge in [-0.3, -0.25) is 4.79 Å². The Kier molecular flexibility index (Phi) is 4.41. The van der Waals surface area contributed by atoms with Gasteiger partial charge in [0.1, 0.15) is 5.75 Å². The SMILES string of the molecule is COc1ccc(C)cc1C(=O)NCc1ccccc1C. The number of benzene rings is 2. The van der Waals surface area contributed by atoms with Crippen LogP contribution in [-0.4, -0.2) is 13.0 Å². The topological polar surface area (TPSA) is 38.3 Å². The van der Waals surface area contributed by atoms with Crippen molar-refractivity contribution in [1.82, 2.24) is 5.32 Å². The number of aryl methyl sites for hydroxylation is 2. The van der Waals surface area contributed by atoms with Crippen LogP contribution < -0.4 is 10.1 Å². The molecule has 20 heavy (non-hydrogen) atoms. The molecule has 2 aromatic rings. The molecule has 0 heterocycles. The fourth-order valence-corrected chi connectivity index (χ4v) is 2.08. The van der Waals surface area contributed by atoms with Gasteiger partial charge in [0.05, 0.1) is 12.7 Å². The van der Waals surface area contributed by atoms with E-state index in [0.717, 1.165) is 11.1 Å². The minimum atomic E-state index is -0.117. The van der Waals surface area contributed by atoms with E-state index in [0.29, 0.717) is 17.9 Å². The Labute approximate surface area is 119 Å². The summed E-state index contributed by atoms with van der Waals surface area (Å²) in [6, 6.07) is 13.6. The number of carbonyl (C=O) groups is 1. The minimum Gasteiger partial charge on any atom is -0.496 e. The van der Waals surface area contributed by atoms with Crippen LogP contribution in [0.5, 0.6) is 5.75 Å². The maximum atomic E-state index is 12.3. The molecule has 0 aliphatic heterocycles. The van der Waals surface area contributed by atoms with E-state index in [1.165, 1.54) is 5.56 Å². The standard InChI is InChI=1S/C17H19NO2/c1-12-8-9-16(20-3)15(10-12)17(19)18-11-14-7-5-4-6-13(14)2/h4-10H,11H2,1-3H3,(H,18,19). The van der Waals surface area contributed by atoms with Crippen LogP contribution in [0, 0.1) is 13.8 Å². The fraction of sp³-hybridized carbons (Fsp3) is 0.235. The molecule has 1 N–H and O–H groups in total. The second-order valence-electron chi connectivity index (χ2n) is 4.81. The third kappa shape index (κ3) is 3.18. The summed E-state index contributed by atoms with van der Waals surface area (Å²) in [6.45, 7) is 4.51. The molecule has 3 nitrogen and oxygen atoms in total. The molecule has 0 fully saturated rings. The molecule has 3 heteroatoms. The van der Waals surface area contributed by atoms with E-state index in [9.17, 15) is 4.79 Å². The third-order valence-electron chi connectivity index (χ3n) is 3.30. The minimum absolute atomic E-state index is 0.117. The maximum Gasteiger partial charge on any atom is 0.255 e. The van der Waals surface area contributed by atoms with Crippen LogP contribution in [0.15, 0.2) is 42.5 Å². The molecule has 0 radical (unpaired) electrons. The van der Waals surface area contributed by atoms with Crippen molar-refractivity contribution in [2.45, 2.75) is 20.4 Å². The average Bonchev–Trinajstić information content (AvgIpc) is 2.46. The Morgan fingerprint density at radius 3 is 2.60 bits per heavy atom. The van der Waals surface area contributed by atoms with Crippen LogP contribution in [0.1, 0.15) is 27.0 Å². The molecule has 0 spiro atoms. The number of amides is 1. The molecule has 0 saturated heterocycles. The van der Waals surface area contributed by atoms with Crippen molar-refractivity contribution >= 4 is 5.91 Å². The first kappa shape index (κ1) is 14.1. The van der Waals surface area contributed by atoms with Gasteiger partial charge in [-0.2, -0.15) is 0 Å². The van der Waals surface area contributed by atoms with Crippen molar-refractivity contribution in [1.29, 1.82) is 0 Å². The number of methoxy groups -OCH3 is 1. The van der Waals surface area contributed by atoms with Gasteiger partial charge in [-0.25, -0.2) is 0 Å². The molecule has 0 aliphatic carbocycles. The lowest BCUT2D eigenvalue weighted by Gasteiger charge is -2.11. The molecular weight excluding hydrogens is 250 g/mol. The van der Waals surface area contributed by atoms with Crippen molar-refractivity contribution in [2.75, 3.05) is 7.11 Å². The van der Waals surface area contributed by atoms with Crippen molar-refractivity contribution in [3.63, 3.8) is 0 Å². The zero-order valence-corrected chi connectivity index (χ0v) is 12.1. The second-order valence-corrected chi connectivity index (χ2v) is 4.81. The van der Waals surface area contributed by atoms with Gasteiger partial charge in [0.2, 0.25) is 0 Å². The lowest BCUT2D eigenvalue weighted by atomic mass is 10.1. The lowest BCUT2D eigenvalue weighted by Crippen LogP contribution is -2.23. The van der Waals surface area contributed by atoms with Crippen molar-refractivity contribution in [3.8, 4) is 5.75 Å². The van der Waals surface area contributed by atoms with Gasteiger partial charge in [-0.05, 0) is 37.1 Å². The van der Waals surface area contributed by atoms with E-state index in [2.05, 4.69) is 5.32 Å². The lowest BCUT2D eigenvalue weighted by molar-refractivity contribution is 0.0947. The van der Waals surface area contributed by atoms with E-state index in [-0.39, 0.29) is 5.91 Å².